The predicted molar refractivity (Wildman–Crippen MR) is 146 cm³/mol. The number of carbonyl (C=O) groups is 2. The molecule has 5 rings (SSSR count). The first-order valence-corrected chi connectivity index (χ1v) is 12.6. The summed E-state index contributed by atoms with van der Waals surface area (Å²) in [7, 11) is 0. The Hall–Kier alpha value is -4.22. The fourth-order valence-corrected chi connectivity index (χ4v) is 4.83. The molecule has 186 valence electrons. The molecule has 4 aromatic rings. The van der Waals surface area contributed by atoms with E-state index in [2.05, 4.69) is 47.0 Å². The van der Waals surface area contributed by atoms with Crippen LogP contribution in [0.2, 0.25) is 0 Å². The molecule has 2 N–H and O–H groups in total. The third-order valence-corrected chi connectivity index (χ3v) is 6.76. The summed E-state index contributed by atoms with van der Waals surface area (Å²) in [4.78, 5) is 25.7. The summed E-state index contributed by atoms with van der Waals surface area (Å²) < 4.78 is 5.89. The molecule has 1 aliphatic rings. The third kappa shape index (κ3) is 6.13. The van der Waals surface area contributed by atoms with Gasteiger partial charge in [-0.3, -0.25) is 9.59 Å². The molecule has 4 aromatic carbocycles. The van der Waals surface area contributed by atoms with E-state index >= 15 is 0 Å². The Kier molecular flexibility index (Phi) is 7.72. The summed E-state index contributed by atoms with van der Waals surface area (Å²) in [6, 6.07) is 35.3. The van der Waals surface area contributed by atoms with Crippen molar-refractivity contribution in [2.24, 2.45) is 0 Å². The van der Waals surface area contributed by atoms with Crippen LogP contribution in [0.5, 0.6) is 0 Å². The highest BCUT2D eigenvalue weighted by molar-refractivity contribution is 5.96. The monoisotopic (exact) mass is 490 g/mol. The number of carbonyl (C=O) groups excluding carboxylic acids is 2. The van der Waals surface area contributed by atoms with Crippen molar-refractivity contribution in [1.82, 2.24) is 5.32 Å². The Labute approximate surface area is 217 Å². The standard InChI is InChI=1S/C32H30N2O3/c35-31(21-29(23-9-3-1-4-10-23)24-11-5-2-6-12-24)34-27-17-15-26(16-18-27)32(36)33-22-30-28-14-8-7-13-25(28)19-20-37-30/h1-18,29-30H,19-22H2,(H,33,36)(H,34,35)/t30-/m1/s1. The molecule has 1 aliphatic heterocycles. The number of hydrogen-bond donors (Lipinski definition) is 2. The first-order chi connectivity index (χ1) is 18.2. The van der Waals surface area contributed by atoms with Gasteiger partial charge in [-0.2, -0.15) is 0 Å². The van der Waals surface area contributed by atoms with Gasteiger partial charge in [-0.15, -0.1) is 0 Å². The van der Waals surface area contributed by atoms with Crippen LogP contribution in [0.15, 0.2) is 109 Å². The summed E-state index contributed by atoms with van der Waals surface area (Å²) in [6.45, 7) is 1.07. The van der Waals surface area contributed by atoms with Gasteiger partial charge in [-0.05, 0) is 52.9 Å². The van der Waals surface area contributed by atoms with Gasteiger partial charge >= 0.3 is 0 Å². The van der Waals surface area contributed by atoms with Gasteiger partial charge in [0.1, 0.15) is 6.10 Å². The van der Waals surface area contributed by atoms with E-state index in [-0.39, 0.29) is 23.8 Å². The molecule has 0 fully saturated rings. The molecule has 0 saturated heterocycles. The topological polar surface area (TPSA) is 67.4 Å². The largest absolute Gasteiger partial charge is 0.371 e. The summed E-state index contributed by atoms with van der Waals surface area (Å²) in [5, 5.41) is 5.96. The molecule has 0 bridgehead atoms. The maximum absolute atomic E-state index is 13.0. The molecular formula is C32H30N2O3. The van der Waals surface area contributed by atoms with E-state index in [9.17, 15) is 9.59 Å². The van der Waals surface area contributed by atoms with E-state index in [4.69, 9.17) is 4.74 Å². The number of benzene rings is 4. The Morgan fingerprint density at radius 1 is 0.784 bits per heavy atom. The van der Waals surface area contributed by atoms with Crippen LogP contribution in [0.3, 0.4) is 0 Å². The van der Waals surface area contributed by atoms with Gasteiger partial charge in [-0.25, -0.2) is 0 Å². The van der Waals surface area contributed by atoms with Gasteiger partial charge in [0.25, 0.3) is 5.91 Å². The second kappa shape index (κ2) is 11.7. The molecule has 0 radical (unpaired) electrons. The number of rotatable bonds is 8. The summed E-state index contributed by atoms with van der Waals surface area (Å²) in [5.41, 5.74) is 5.80. The fraction of sp³-hybridized carbons (Fsp3) is 0.188. The first kappa shape index (κ1) is 24.5. The maximum Gasteiger partial charge on any atom is 0.251 e. The first-order valence-electron chi connectivity index (χ1n) is 12.6. The van der Waals surface area contributed by atoms with Crippen LogP contribution in [0.4, 0.5) is 5.69 Å². The Bertz CT molecular complexity index is 1300. The highest BCUT2D eigenvalue weighted by Gasteiger charge is 2.21. The summed E-state index contributed by atoms with van der Waals surface area (Å²) >= 11 is 0. The lowest BCUT2D eigenvalue weighted by molar-refractivity contribution is -0.116. The molecule has 1 heterocycles. The molecule has 1 atom stereocenters. The van der Waals surface area contributed by atoms with E-state index in [1.165, 1.54) is 5.56 Å². The highest BCUT2D eigenvalue weighted by Crippen LogP contribution is 2.29. The van der Waals surface area contributed by atoms with Crippen molar-refractivity contribution in [2.75, 3.05) is 18.5 Å². The van der Waals surface area contributed by atoms with Crippen molar-refractivity contribution in [1.29, 1.82) is 0 Å². The molecule has 0 aliphatic carbocycles. The van der Waals surface area contributed by atoms with Crippen molar-refractivity contribution in [3.63, 3.8) is 0 Å². The predicted octanol–water partition coefficient (Wildman–Crippen LogP) is 5.89. The highest BCUT2D eigenvalue weighted by atomic mass is 16.5. The lowest BCUT2D eigenvalue weighted by Gasteiger charge is -2.26. The molecule has 0 spiro atoms. The molecule has 0 unspecified atom stereocenters. The van der Waals surface area contributed by atoms with Crippen molar-refractivity contribution >= 4 is 17.5 Å². The van der Waals surface area contributed by atoms with Crippen LogP contribution >= 0.6 is 0 Å². The SMILES string of the molecule is O=C(CC(c1ccccc1)c1ccccc1)Nc1ccc(C(=O)NC[C@H]2OCCc3ccccc32)cc1. The van der Waals surface area contributed by atoms with Crippen LogP contribution in [0, 0.1) is 0 Å². The quantitative estimate of drug-likeness (QED) is 0.324. The zero-order chi connectivity index (χ0) is 25.5. The molecule has 37 heavy (non-hydrogen) atoms. The van der Waals surface area contributed by atoms with Crippen LogP contribution in [0.25, 0.3) is 0 Å². The van der Waals surface area contributed by atoms with E-state index < -0.39 is 0 Å². The number of hydrogen-bond acceptors (Lipinski definition) is 3. The Balaban J connectivity index is 1.19. The molecule has 5 nitrogen and oxygen atoms in total. The average molecular weight is 491 g/mol. The second-order valence-corrected chi connectivity index (χ2v) is 9.22. The average Bonchev–Trinajstić information content (AvgIpc) is 2.96. The minimum Gasteiger partial charge on any atom is -0.371 e. The Morgan fingerprint density at radius 2 is 1.41 bits per heavy atom. The van der Waals surface area contributed by atoms with Crippen LogP contribution < -0.4 is 10.6 Å². The minimum atomic E-state index is -0.169. The van der Waals surface area contributed by atoms with Gasteiger partial charge in [0.2, 0.25) is 5.91 Å². The smallest absolute Gasteiger partial charge is 0.251 e. The third-order valence-electron chi connectivity index (χ3n) is 6.76. The zero-order valence-electron chi connectivity index (χ0n) is 20.6. The van der Waals surface area contributed by atoms with Gasteiger partial charge in [0.05, 0.1) is 6.61 Å². The zero-order valence-corrected chi connectivity index (χ0v) is 20.6. The van der Waals surface area contributed by atoms with Gasteiger partial charge in [-0.1, -0.05) is 84.9 Å². The number of fused-ring (bicyclic) bond motifs is 1. The molecular weight excluding hydrogens is 460 g/mol. The normalized spacial score (nSPS) is 14.6. The van der Waals surface area contributed by atoms with Gasteiger partial charge in [0.15, 0.2) is 0 Å². The maximum atomic E-state index is 13.0. The lowest BCUT2D eigenvalue weighted by Crippen LogP contribution is -2.31. The van der Waals surface area contributed by atoms with Gasteiger partial charge < -0.3 is 15.4 Å². The summed E-state index contributed by atoms with van der Waals surface area (Å²) in [6.07, 6.45) is 1.07. The second-order valence-electron chi connectivity index (χ2n) is 9.22. The van der Waals surface area contributed by atoms with Crippen molar-refractivity contribution < 1.29 is 14.3 Å². The van der Waals surface area contributed by atoms with E-state index in [1.54, 1.807) is 24.3 Å². The van der Waals surface area contributed by atoms with Crippen molar-refractivity contribution in [2.45, 2.75) is 24.9 Å². The molecule has 0 saturated carbocycles. The summed E-state index contributed by atoms with van der Waals surface area (Å²) in [5.74, 6) is -0.291. The number of ether oxygens (including phenoxy) is 1. The number of amides is 2. The number of anilines is 1. The fourth-order valence-electron chi connectivity index (χ4n) is 4.83. The Morgan fingerprint density at radius 3 is 2.08 bits per heavy atom. The minimum absolute atomic E-state index is 0.0420. The van der Waals surface area contributed by atoms with Crippen LogP contribution in [0.1, 0.15) is 51.1 Å². The van der Waals surface area contributed by atoms with Crippen LogP contribution in [-0.2, 0) is 16.0 Å². The lowest BCUT2D eigenvalue weighted by atomic mass is 9.88. The van der Waals surface area contributed by atoms with E-state index in [0.29, 0.717) is 30.8 Å². The van der Waals surface area contributed by atoms with Crippen molar-refractivity contribution in [3.8, 4) is 0 Å². The molecule has 2 amide bonds. The van der Waals surface area contributed by atoms with Crippen molar-refractivity contribution in [3.05, 3.63) is 137 Å². The van der Waals surface area contributed by atoms with E-state index in [0.717, 1.165) is 23.1 Å². The number of nitrogens with one attached hydrogen (secondary N) is 2. The van der Waals surface area contributed by atoms with E-state index in [1.807, 2.05) is 48.5 Å². The molecule has 5 heteroatoms. The van der Waals surface area contributed by atoms with Crippen LogP contribution in [-0.4, -0.2) is 25.0 Å². The van der Waals surface area contributed by atoms with Gasteiger partial charge in [0, 0.05) is 30.1 Å². The molecule has 0 aromatic heterocycles.